The van der Waals surface area contributed by atoms with Crippen molar-refractivity contribution in [3.05, 3.63) is 70.8 Å². The molecule has 2 aromatic rings. The lowest BCUT2D eigenvalue weighted by molar-refractivity contribution is -0.0390. The quantitative estimate of drug-likeness (QED) is 0.525. The van der Waals surface area contributed by atoms with Crippen molar-refractivity contribution < 1.29 is 9.47 Å². The Kier molecular flexibility index (Phi) is 8.53. The van der Waals surface area contributed by atoms with Gasteiger partial charge in [0.1, 0.15) is 0 Å². The first kappa shape index (κ1) is 21.3. The van der Waals surface area contributed by atoms with Crippen LogP contribution >= 0.6 is 0 Å². The number of rotatable bonds is 8. The van der Waals surface area contributed by atoms with Crippen molar-refractivity contribution >= 4 is 5.96 Å². The van der Waals surface area contributed by atoms with E-state index in [0.29, 0.717) is 19.3 Å². The maximum absolute atomic E-state index is 6.04. The topological polar surface area (TPSA) is 54.9 Å². The summed E-state index contributed by atoms with van der Waals surface area (Å²) >= 11 is 0. The fourth-order valence-corrected chi connectivity index (χ4v) is 3.28. The molecule has 0 spiro atoms. The smallest absolute Gasteiger partial charge is 0.191 e. The van der Waals surface area contributed by atoms with E-state index in [4.69, 9.17) is 14.5 Å². The van der Waals surface area contributed by atoms with Gasteiger partial charge >= 0.3 is 0 Å². The SMILES string of the molecule is CCNC(=NCc1cccc(COC2CCOCC2)c1)NCc1ccc(C)cc1. The Bertz CT molecular complexity index is 768. The van der Waals surface area contributed by atoms with Gasteiger partial charge in [0.2, 0.25) is 0 Å². The van der Waals surface area contributed by atoms with E-state index in [1.807, 2.05) is 0 Å². The van der Waals surface area contributed by atoms with Gasteiger partial charge in [0, 0.05) is 26.3 Å². The van der Waals surface area contributed by atoms with E-state index < -0.39 is 0 Å². The van der Waals surface area contributed by atoms with Crippen LogP contribution in [-0.4, -0.2) is 31.8 Å². The van der Waals surface area contributed by atoms with Crippen LogP contribution in [0.1, 0.15) is 42.0 Å². The standard InChI is InChI=1S/C24H33N3O2/c1-3-25-24(26-16-20-9-7-19(2)8-10-20)27-17-21-5-4-6-22(15-21)18-29-23-11-13-28-14-12-23/h4-10,15,23H,3,11-14,16-18H2,1-2H3,(H2,25,26,27). The molecule has 0 aliphatic carbocycles. The number of hydrogen-bond acceptors (Lipinski definition) is 3. The number of nitrogens with zero attached hydrogens (tertiary/aromatic N) is 1. The molecule has 1 heterocycles. The molecular weight excluding hydrogens is 362 g/mol. The molecule has 0 saturated carbocycles. The second-order valence-electron chi connectivity index (χ2n) is 7.48. The van der Waals surface area contributed by atoms with Crippen LogP contribution < -0.4 is 10.6 Å². The molecule has 5 heteroatoms. The molecule has 0 aromatic heterocycles. The predicted octanol–water partition coefficient (Wildman–Crippen LogP) is 3.95. The first-order valence-electron chi connectivity index (χ1n) is 10.6. The van der Waals surface area contributed by atoms with Gasteiger partial charge in [-0.05, 0) is 43.4 Å². The van der Waals surface area contributed by atoms with Crippen LogP contribution in [0.3, 0.4) is 0 Å². The largest absolute Gasteiger partial charge is 0.381 e. The fraction of sp³-hybridized carbons (Fsp3) is 0.458. The van der Waals surface area contributed by atoms with Crippen LogP contribution in [0.15, 0.2) is 53.5 Å². The molecule has 0 bridgehead atoms. The van der Waals surface area contributed by atoms with Crippen molar-refractivity contribution in [2.24, 2.45) is 4.99 Å². The zero-order valence-electron chi connectivity index (χ0n) is 17.6. The summed E-state index contributed by atoms with van der Waals surface area (Å²) in [6.45, 7) is 8.67. The van der Waals surface area contributed by atoms with Crippen LogP contribution in [0, 0.1) is 6.92 Å². The Morgan fingerprint density at radius 3 is 2.55 bits per heavy atom. The summed E-state index contributed by atoms with van der Waals surface area (Å²) in [6, 6.07) is 17.1. The molecule has 29 heavy (non-hydrogen) atoms. The van der Waals surface area contributed by atoms with Crippen LogP contribution in [0.4, 0.5) is 0 Å². The van der Waals surface area contributed by atoms with Gasteiger partial charge in [-0.1, -0.05) is 54.1 Å². The molecule has 1 aliphatic heterocycles. The lowest BCUT2D eigenvalue weighted by Gasteiger charge is -2.22. The third-order valence-corrected chi connectivity index (χ3v) is 4.99. The van der Waals surface area contributed by atoms with Crippen molar-refractivity contribution in [1.29, 1.82) is 0 Å². The highest BCUT2D eigenvalue weighted by atomic mass is 16.5. The van der Waals surface area contributed by atoms with Crippen molar-refractivity contribution in [2.75, 3.05) is 19.8 Å². The van der Waals surface area contributed by atoms with E-state index in [1.54, 1.807) is 0 Å². The Labute approximate surface area is 174 Å². The highest BCUT2D eigenvalue weighted by Crippen LogP contribution is 2.14. The zero-order valence-corrected chi connectivity index (χ0v) is 17.6. The Balaban J connectivity index is 1.53. The van der Waals surface area contributed by atoms with Crippen LogP contribution in [0.5, 0.6) is 0 Å². The summed E-state index contributed by atoms with van der Waals surface area (Å²) in [4.78, 5) is 4.74. The summed E-state index contributed by atoms with van der Waals surface area (Å²) in [6.07, 6.45) is 2.29. The van der Waals surface area contributed by atoms with Gasteiger partial charge in [0.25, 0.3) is 0 Å². The number of aliphatic imine (C=N–C) groups is 1. The molecule has 156 valence electrons. The Hall–Kier alpha value is -2.37. The second kappa shape index (κ2) is 11.6. The summed E-state index contributed by atoms with van der Waals surface area (Å²) < 4.78 is 11.4. The van der Waals surface area contributed by atoms with Crippen molar-refractivity contribution in [3.63, 3.8) is 0 Å². The second-order valence-corrected chi connectivity index (χ2v) is 7.48. The summed E-state index contributed by atoms with van der Waals surface area (Å²) in [5.74, 6) is 0.830. The van der Waals surface area contributed by atoms with Gasteiger partial charge < -0.3 is 20.1 Å². The van der Waals surface area contributed by atoms with Gasteiger partial charge in [0.05, 0.1) is 19.3 Å². The predicted molar refractivity (Wildman–Crippen MR) is 118 cm³/mol. The van der Waals surface area contributed by atoms with Gasteiger partial charge in [-0.2, -0.15) is 0 Å². The van der Waals surface area contributed by atoms with E-state index in [0.717, 1.165) is 45.1 Å². The monoisotopic (exact) mass is 395 g/mol. The summed E-state index contributed by atoms with van der Waals surface area (Å²) in [5.41, 5.74) is 4.90. The molecule has 3 rings (SSSR count). The average molecular weight is 396 g/mol. The highest BCUT2D eigenvalue weighted by Gasteiger charge is 2.14. The van der Waals surface area contributed by atoms with Crippen molar-refractivity contribution in [2.45, 2.75) is 52.5 Å². The highest BCUT2D eigenvalue weighted by molar-refractivity contribution is 5.79. The van der Waals surface area contributed by atoms with Crippen LogP contribution in [-0.2, 0) is 29.2 Å². The van der Waals surface area contributed by atoms with Gasteiger partial charge in [-0.25, -0.2) is 4.99 Å². The molecule has 0 amide bonds. The van der Waals surface area contributed by atoms with Gasteiger partial charge in [-0.15, -0.1) is 0 Å². The fourth-order valence-electron chi connectivity index (χ4n) is 3.28. The number of ether oxygens (including phenoxy) is 2. The third-order valence-electron chi connectivity index (χ3n) is 4.99. The van der Waals surface area contributed by atoms with Gasteiger partial charge in [0.15, 0.2) is 5.96 Å². The lowest BCUT2D eigenvalue weighted by atomic mass is 10.1. The molecular formula is C24H33N3O2. The Morgan fingerprint density at radius 2 is 1.79 bits per heavy atom. The Morgan fingerprint density at radius 1 is 1.03 bits per heavy atom. The molecule has 1 aliphatic rings. The minimum atomic E-state index is 0.316. The molecule has 2 aromatic carbocycles. The molecule has 0 atom stereocenters. The molecule has 1 fully saturated rings. The van der Waals surface area contributed by atoms with Crippen LogP contribution in [0.2, 0.25) is 0 Å². The minimum absolute atomic E-state index is 0.316. The van der Waals surface area contributed by atoms with Gasteiger partial charge in [-0.3, -0.25) is 0 Å². The number of guanidine groups is 1. The number of aryl methyl sites for hydroxylation is 1. The van der Waals surface area contributed by atoms with Crippen molar-refractivity contribution in [3.8, 4) is 0 Å². The van der Waals surface area contributed by atoms with E-state index in [-0.39, 0.29) is 0 Å². The summed E-state index contributed by atoms with van der Waals surface area (Å²) in [7, 11) is 0. The van der Waals surface area contributed by atoms with E-state index in [1.165, 1.54) is 22.3 Å². The number of hydrogen-bond donors (Lipinski definition) is 2. The van der Waals surface area contributed by atoms with E-state index >= 15 is 0 Å². The first-order valence-corrected chi connectivity index (χ1v) is 10.6. The minimum Gasteiger partial charge on any atom is -0.381 e. The first-order chi connectivity index (χ1) is 14.2. The summed E-state index contributed by atoms with van der Waals surface area (Å²) in [5, 5.41) is 6.73. The maximum Gasteiger partial charge on any atom is 0.191 e. The lowest BCUT2D eigenvalue weighted by Crippen LogP contribution is -2.36. The number of benzene rings is 2. The molecule has 1 saturated heterocycles. The maximum atomic E-state index is 6.04. The van der Waals surface area contributed by atoms with E-state index in [2.05, 4.69) is 73.0 Å². The van der Waals surface area contributed by atoms with Crippen molar-refractivity contribution in [1.82, 2.24) is 10.6 Å². The molecule has 2 N–H and O–H groups in total. The zero-order chi connectivity index (χ0) is 20.3. The van der Waals surface area contributed by atoms with Crippen LogP contribution in [0.25, 0.3) is 0 Å². The van der Waals surface area contributed by atoms with E-state index in [9.17, 15) is 0 Å². The number of nitrogens with one attached hydrogen (secondary N) is 2. The normalized spacial score (nSPS) is 15.3. The third kappa shape index (κ3) is 7.52. The average Bonchev–Trinajstić information content (AvgIpc) is 2.76. The molecule has 5 nitrogen and oxygen atoms in total. The molecule has 0 radical (unpaired) electrons. The molecule has 0 unspecified atom stereocenters.